The fraction of sp³-hybridized carbons (Fsp3) is 0.500. The Labute approximate surface area is 118 Å². The molecule has 0 unspecified atom stereocenters. The normalized spacial score (nSPS) is 21.6. The predicted octanol–water partition coefficient (Wildman–Crippen LogP) is 3.31. The Morgan fingerprint density at radius 1 is 1.53 bits per heavy atom. The molecular weight excluding hydrogens is 264 g/mol. The SMILES string of the molecule is CCOC(=O)c1cc(N)cc(Cl)c1NC1CC(C)C1. The fourth-order valence-electron chi connectivity index (χ4n) is 2.37. The first-order valence-corrected chi connectivity index (χ1v) is 6.91. The number of hydrogen-bond donors (Lipinski definition) is 2. The van der Waals surface area contributed by atoms with Gasteiger partial charge in [-0.25, -0.2) is 4.79 Å². The quantitative estimate of drug-likeness (QED) is 0.657. The van der Waals surface area contributed by atoms with Crippen LogP contribution in [-0.4, -0.2) is 18.6 Å². The highest BCUT2D eigenvalue weighted by Crippen LogP contribution is 2.35. The second kappa shape index (κ2) is 5.70. The maximum Gasteiger partial charge on any atom is 0.340 e. The molecule has 1 aliphatic carbocycles. The third-order valence-corrected chi connectivity index (χ3v) is 3.63. The highest BCUT2D eigenvalue weighted by molar-refractivity contribution is 6.34. The van der Waals surface area contributed by atoms with Crippen molar-refractivity contribution < 1.29 is 9.53 Å². The van der Waals surface area contributed by atoms with E-state index in [0.29, 0.717) is 34.6 Å². The van der Waals surface area contributed by atoms with E-state index in [-0.39, 0.29) is 0 Å². The second-order valence-electron chi connectivity index (χ2n) is 5.06. The number of nitrogens with one attached hydrogen (secondary N) is 1. The lowest BCUT2D eigenvalue weighted by Gasteiger charge is -2.34. The minimum atomic E-state index is -0.397. The Morgan fingerprint density at radius 3 is 2.79 bits per heavy atom. The van der Waals surface area contributed by atoms with Crippen molar-refractivity contribution in [3.63, 3.8) is 0 Å². The highest BCUT2D eigenvalue weighted by atomic mass is 35.5. The average Bonchev–Trinajstić information content (AvgIpc) is 2.30. The lowest BCUT2D eigenvalue weighted by atomic mass is 9.81. The van der Waals surface area contributed by atoms with Crippen LogP contribution < -0.4 is 11.1 Å². The van der Waals surface area contributed by atoms with E-state index in [1.54, 1.807) is 19.1 Å². The van der Waals surface area contributed by atoms with Gasteiger partial charge in [-0.15, -0.1) is 0 Å². The van der Waals surface area contributed by atoms with Gasteiger partial charge in [-0.1, -0.05) is 18.5 Å². The molecule has 1 aromatic rings. The zero-order valence-electron chi connectivity index (χ0n) is 11.2. The molecule has 0 spiro atoms. The van der Waals surface area contributed by atoms with Gasteiger partial charge in [0.15, 0.2) is 0 Å². The van der Waals surface area contributed by atoms with E-state index >= 15 is 0 Å². The van der Waals surface area contributed by atoms with Crippen molar-refractivity contribution in [3.05, 3.63) is 22.7 Å². The molecule has 0 amide bonds. The molecule has 2 rings (SSSR count). The summed E-state index contributed by atoms with van der Waals surface area (Å²) in [5.41, 5.74) is 7.24. The minimum absolute atomic E-state index is 0.325. The van der Waals surface area contributed by atoms with Crippen molar-refractivity contribution in [1.29, 1.82) is 0 Å². The molecule has 0 atom stereocenters. The number of carbonyl (C=O) groups is 1. The van der Waals surface area contributed by atoms with Crippen molar-refractivity contribution in [2.24, 2.45) is 5.92 Å². The van der Waals surface area contributed by atoms with Gasteiger partial charge in [0.05, 0.1) is 22.9 Å². The first-order chi connectivity index (χ1) is 9.01. The molecule has 1 fully saturated rings. The molecule has 104 valence electrons. The van der Waals surface area contributed by atoms with Crippen LogP contribution in [0.3, 0.4) is 0 Å². The van der Waals surface area contributed by atoms with Gasteiger partial charge in [0.25, 0.3) is 0 Å². The lowest BCUT2D eigenvalue weighted by molar-refractivity contribution is 0.0527. The fourth-order valence-corrected chi connectivity index (χ4v) is 2.65. The molecule has 0 aliphatic heterocycles. The molecule has 5 heteroatoms. The Balaban J connectivity index is 2.26. The van der Waals surface area contributed by atoms with Gasteiger partial charge in [0.2, 0.25) is 0 Å². The van der Waals surface area contributed by atoms with E-state index in [1.807, 2.05) is 0 Å². The summed E-state index contributed by atoms with van der Waals surface area (Å²) in [5, 5.41) is 3.78. The van der Waals surface area contributed by atoms with Gasteiger partial charge in [-0.05, 0) is 37.8 Å². The smallest absolute Gasteiger partial charge is 0.340 e. The van der Waals surface area contributed by atoms with Gasteiger partial charge < -0.3 is 15.8 Å². The number of ether oxygens (including phenoxy) is 1. The maximum atomic E-state index is 11.9. The van der Waals surface area contributed by atoms with Crippen LogP contribution in [0.4, 0.5) is 11.4 Å². The standard InChI is InChI=1S/C14H19ClN2O2/c1-3-19-14(18)11-6-9(16)7-12(15)13(11)17-10-4-8(2)5-10/h6-8,10,17H,3-5,16H2,1-2H3. The van der Waals surface area contributed by atoms with Crippen LogP contribution in [0.15, 0.2) is 12.1 Å². The molecule has 1 saturated carbocycles. The van der Waals surface area contributed by atoms with Crippen molar-refractivity contribution in [3.8, 4) is 0 Å². The average molecular weight is 283 g/mol. The molecule has 0 bridgehead atoms. The van der Waals surface area contributed by atoms with Gasteiger partial charge >= 0.3 is 5.97 Å². The third kappa shape index (κ3) is 3.13. The summed E-state index contributed by atoms with van der Waals surface area (Å²) in [6.07, 6.45) is 2.17. The Hall–Kier alpha value is -1.42. The highest BCUT2D eigenvalue weighted by Gasteiger charge is 2.27. The van der Waals surface area contributed by atoms with Gasteiger partial charge in [0, 0.05) is 11.7 Å². The van der Waals surface area contributed by atoms with E-state index < -0.39 is 5.97 Å². The van der Waals surface area contributed by atoms with Crippen LogP contribution in [0.25, 0.3) is 0 Å². The number of esters is 1. The molecule has 1 aliphatic rings. The summed E-state index contributed by atoms with van der Waals surface area (Å²) >= 11 is 6.19. The molecule has 1 aromatic carbocycles. The maximum absolute atomic E-state index is 11.9. The summed E-state index contributed by atoms with van der Waals surface area (Å²) in [5.74, 6) is 0.322. The van der Waals surface area contributed by atoms with Crippen molar-refractivity contribution in [1.82, 2.24) is 0 Å². The zero-order valence-corrected chi connectivity index (χ0v) is 12.0. The molecule has 0 heterocycles. The van der Waals surface area contributed by atoms with Crippen LogP contribution in [0, 0.1) is 5.92 Å². The molecule has 3 N–H and O–H groups in total. The molecule has 0 saturated heterocycles. The molecule has 0 aromatic heterocycles. The van der Waals surface area contributed by atoms with E-state index in [0.717, 1.165) is 18.8 Å². The summed E-state index contributed by atoms with van der Waals surface area (Å²) in [7, 11) is 0. The molecular formula is C14H19ClN2O2. The van der Waals surface area contributed by atoms with E-state index in [4.69, 9.17) is 22.1 Å². The monoisotopic (exact) mass is 282 g/mol. The van der Waals surface area contributed by atoms with Crippen LogP contribution in [0.1, 0.15) is 37.0 Å². The molecule has 0 radical (unpaired) electrons. The summed E-state index contributed by atoms with van der Waals surface area (Å²) in [6, 6.07) is 3.62. The van der Waals surface area contributed by atoms with Gasteiger partial charge in [0.1, 0.15) is 0 Å². The number of halogens is 1. The number of benzene rings is 1. The van der Waals surface area contributed by atoms with Crippen molar-refractivity contribution >= 4 is 28.9 Å². The van der Waals surface area contributed by atoms with Crippen molar-refractivity contribution in [2.45, 2.75) is 32.7 Å². The van der Waals surface area contributed by atoms with Crippen LogP contribution >= 0.6 is 11.6 Å². The summed E-state index contributed by atoms with van der Waals surface area (Å²) < 4.78 is 5.04. The number of hydrogen-bond acceptors (Lipinski definition) is 4. The van der Waals surface area contributed by atoms with Gasteiger partial charge in [-0.3, -0.25) is 0 Å². The number of carbonyl (C=O) groups excluding carboxylic acids is 1. The van der Waals surface area contributed by atoms with Crippen LogP contribution in [-0.2, 0) is 4.74 Å². The number of nitrogens with two attached hydrogens (primary N) is 1. The Morgan fingerprint density at radius 2 is 2.21 bits per heavy atom. The van der Waals surface area contributed by atoms with Crippen LogP contribution in [0.5, 0.6) is 0 Å². The van der Waals surface area contributed by atoms with Crippen LogP contribution in [0.2, 0.25) is 5.02 Å². The second-order valence-corrected chi connectivity index (χ2v) is 5.47. The molecule has 19 heavy (non-hydrogen) atoms. The Kier molecular flexibility index (Phi) is 4.20. The third-order valence-electron chi connectivity index (χ3n) is 3.33. The summed E-state index contributed by atoms with van der Waals surface area (Å²) in [4.78, 5) is 11.9. The lowest BCUT2D eigenvalue weighted by Crippen LogP contribution is -2.34. The van der Waals surface area contributed by atoms with E-state index in [1.165, 1.54) is 0 Å². The number of anilines is 2. The molecule has 4 nitrogen and oxygen atoms in total. The minimum Gasteiger partial charge on any atom is -0.462 e. The van der Waals surface area contributed by atoms with E-state index in [2.05, 4.69) is 12.2 Å². The van der Waals surface area contributed by atoms with Gasteiger partial charge in [-0.2, -0.15) is 0 Å². The zero-order chi connectivity index (χ0) is 14.0. The predicted molar refractivity (Wildman–Crippen MR) is 77.6 cm³/mol. The van der Waals surface area contributed by atoms with Crippen molar-refractivity contribution in [2.75, 3.05) is 17.7 Å². The topological polar surface area (TPSA) is 64.3 Å². The largest absolute Gasteiger partial charge is 0.462 e. The first kappa shape index (κ1) is 14.0. The first-order valence-electron chi connectivity index (χ1n) is 6.54. The van der Waals surface area contributed by atoms with E-state index in [9.17, 15) is 4.79 Å². The number of nitrogen functional groups attached to an aromatic ring is 1. The summed E-state index contributed by atoms with van der Waals surface area (Å²) in [6.45, 7) is 4.30. The number of rotatable bonds is 4. The Bertz CT molecular complexity index is 485.